The molecule has 0 saturated heterocycles. The normalized spacial score (nSPS) is 10.2. The van der Waals surface area contributed by atoms with Gasteiger partial charge in [0.05, 0.1) is 0 Å². The fourth-order valence-electron chi connectivity index (χ4n) is 1.71. The number of carboxylic acids is 1. The zero-order valence-electron chi connectivity index (χ0n) is 11.7. The summed E-state index contributed by atoms with van der Waals surface area (Å²) in [5.41, 5.74) is 2.78. The van der Waals surface area contributed by atoms with Crippen molar-refractivity contribution >= 4 is 28.9 Å². The fourth-order valence-corrected chi connectivity index (χ4v) is 2.38. The second-order valence-corrected chi connectivity index (χ2v) is 5.52. The van der Waals surface area contributed by atoms with Crippen LogP contribution < -0.4 is 10.1 Å². The predicted octanol–water partition coefficient (Wildman–Crippen LogP) is 3.08. The number of amides is 1. The van der Waals surface area contributed by atoms with Gasteiger partial charge in [0, 0.05) is 17.1 Å². The van der Waals surface area contributed by atoms with E-state index in [1.165, 1.54) is 6.07 Å². The lowest BCUT2D eigenvalue weighted by molar-refractivity contribution is -0.118. The Bertz CT molecular complexity index is 678. The zero-order valence-corrected chi connectivity index (χ0v) is 12.5. The number of nitrogens with one attached hydrogen (secondary N) is 1. The van der Waals surface area contributed by atoms with Gasteiger partial charge in [0.15, 0.2) is 6.61 Å². The van der Waals surface area contributed by atoms with Crippen LogP contribution in [-0.4, -0.2) is 23.6 Å². The number of rotatable bonds is 5. The lowest BCUT2D eigenvalue weighted by Crippen LogP contribution is -2.20. The van der Waals surface area contributed by atoms with Crippen LogP contribution >= 0.6 is 11.3 Å². The number of hydrogen-bond acceptors (Lipinski definition) is 4. The maximum atomic E-state index is 11.8. The predicted molar refractivity (Wildman–Crippen MR) is 81.3 cm³/mol. The van der Waals surface area contributed by atoms with Crippen LogP contribution in [0.3, 0.4) is 0 Å². The highest BCUT2D eigenvalue weighted by atomic mass is 32.1. The topological polar surface area (TPSA) is 75.6 Å². The first-order valence-electron chi connectivity index (χ1n) is 6.27. The minimum absolute atomic E-state index is 0.164. The summed E-state index contributed by atoms with van der Waals surface area (Å²) in [6.07, 6.45) is 0. The molecule has 0 saturated carbocycles. The molecule has 1 aromatic carbocycles. The van der Waals surface area contributed by atoms with Gasteiger partial charge in [-0.05, 0) is 31.0 Å². The molecule has 21 heavy (non-hydrogen) atoms. The number of carboxylic acid groups (broad SMARTS) is 1. The molecule has 0 radical (unpaired) electrons. The summed E-state index contributed by atoms with van der Waals surface area (Å²) in [5.74, 6) is -0.907. The Kier molecular flexibility index (Phi) is 4.59. The van der Waals surface area contributed by atoms with E-state index in [2.05, 4.69) is 5.32 Å². The molecule has 1 amide bonds. The molecule has 110 valence electrons. The van der Waals surface area contributed by atoms with Gasteiger partial charge >= 0.3 is 5.97 Å². The Labute approximate surface area is 126 Å². The summed E-state index contributed by atoms with van der Waals surface area (Å²) in [7, 11) is 0. The first-order valence-corrected chi connectivity index (χ1v) is 7.15. The summed E-state index contributed by atoms with van der Waals surface area (Å²) < 4.78 is 5.28. The molecule has 1 aromatic heterocycles. The maximum Gasteiger partial charge on any atom is 0.346 e. The van der Waals surface area contributed by atoms with Gasteiger partial charge in [-0.25, -0.2) is 4.79 Å². The molecular weight excluding hydrogens is 290 g/mol. The number of anilines is 1. The molecule has 0 spiro atoms. The van der Waals surface area contributed by atoms with Gasteiger partial charge in [0.25, 0.3) is 5.91 Å². The van der Waals surface area contributed by atoms with Crippen LogP contribution in [0, 0.1) is 13.8 Å². The maximum absolute atomic E-state index is 11.8. The van der Waals surface area contributed by atoms with Crippen molar-refractivity contribution in [3.8, 4) is 5.75 Å². The number of ether oxygens (including phenoxy) is 1. The molecule has 5 nitrogen and oxygen atoms in total. The van der Waals surface area contributed by atoms with Crippen LogP contribution in [0.5, 0.6) is 5.75 Å². The molecule has 0 unspecified atom stereocenters. The van der Waals surface area contributed by atoms with Gasteiger partial charge in [-0.15, -0.1) is 11.3 Å². The summed E-state index contributed by atoms with van der Waals surface area (Å²) >= 11 is 1.06. The van der Waals surface area contributed by atoms with Crippen molar-refractivity contribution in [1.29, 1.82) is 0 Å². The van der Waals surface area contributed by atoms with Gasteiger partial charge in [0.2, 0.25) is 0 Å². The van der Waals surface area contributed by atoms with E-state index in [4.69, 9.17) is 9.84 Å². The summed E-state index contributed by atoms with van der Waals surface area (Å²) in [4.78, 5) is 22.8. The van der Waals surface area contributed by atoms with Crippen LogP contribution in [0.1, 0.15) is 20.8 Å². The number of thiophene rings is 1. The number of carbonyl (C=O) groups excluding carboxylic acids is 1. The summed E-state index contributed by atoms with van der Waals surface area (Å²) in [5, 5.41) is 13.1. The fraction of sp³-hybridized carbons (Fsp3) is 0.200. The molecule has 0 aliphatic rings. The van der Waals surface area contributed by atoms with Crippen molar-refractivity contribution in [3.05, 3.63) is 45.6 Å². The van der Waals surface area contributed by atoms with E-state index in [0.29, 0.717) is 5.75 Å². The van der Waals surface area contributed by atoms with Crippen LogP contribution in [0.15, 0.2) is 29.6 Å². The van der Waals surface area contributed by atoms with E-state index in [1.54, 1.807) is 5.38 Å². The molecule has 0 aliphatic carbocycles. The van der Waals surface area contributed by atoms with Crippen molar-refractivity contribution < 1.29 is 19.4 Å². The number of benzene rings is 1. The third-order valence-electron chi connectivity index (χ3n) is 2.82. The van der Waals surface area contributed by atoms with Crippen molar-refractivity contribution in [3.63, 3.8) is 0 Å². The molecule has 6 heteroatoms. The lowest BCUT2D eigenvalue weighted by Gasteiger charge is -2.09. The van der Waals surface area contributed by atoms with Gasteiger partial charge in [-0.1, -0.05) is 12.1 Å². The van der Waals surface area contributed by atoms with E-state index in [0.717, 1.165) is 28.2 Å². The lowest BCUT2D eigenvalue weighted by atomic mass is 10.1. The van der Waals surface area contributed by atoms with Crippen LogP contribution in [0.2, 0.25) is 0 Å². The van der Waals surface area contributed by atoms with Crippen molar-refractivity contribution in [2.24, 2.45) is 0 Å². The van der Waals surface area contributed by atoms with E-state index in [9.17, 15) is 9.59 Å². The van der Waals surface area contributed by atoms with Crippen molar-refractivity contribution in [2.75, 3.05) is 11.9 Å². The Morgan fingerprint density at radius 2 is 2.05 bits per heavy atom. The molecule has 0 atom stereocenters. The molecule has 0 aliphatic heterocycles. The summed E-state index contributed by atoms with van der Waals surface area (Å²) in [6.45, 7) is 3.70. The van der Waals surface area contributed by atoms with Gasteiger partial charge in [-0.3, -0.25) is 4.79 Å². The number of carbonyl (C=O) groups is 2. The molecule has 1 heterocycles. The number of aryl methyl sites for hydroxylation is 2. The van der Waals surface area contributed by atoms with E-state index in [1.807, 2.05) is 32.0 Å². The molecule has 0 fully saturated rings. The van der Waals surface area contributed by atoms with Crippen LogP contribution in [-0.2, 0) is 4.79 Å². The van der Waals surface area contributed by atoms with E-state index < -0.39 is 5.97 Å². The Morgan fingerprint density at radius 3 is 2.71 bits per heavy atom. The highest BCUT2D eigenvalue weighted by Gasteiger charge is 2.10. The quantitative estimate of drug-likeness (QED) is 0.890. The Morgan fingerprint density at radius 1 is 1.29 bits per heavy atom. The van der Waals surface area contributed by atoms with E-state index in [-0.39, 0.29) is 17.4 Å². The third-order valence-corrected chi connectivity index (χ3v) is 3.72. The second-order valence-electron chi connectivity index (χ2n) is 4.61. The van der Waals surface area contributed by atoms with Gasteiger partial charge in [0.1, 0.15) is 10.6 Å². The Balaban J connectivity index is 1.92. The van der Waals surface area contributed by atoms with Crippen molar-refractivity contribution in [1.82, 2.24) is 0 Å². The van der Waals surface area contributed by atoms with E-state index >= 15 is 0 Å². The first kappa shape index (κ1) is 15.1. The van der Waals surface area contributed by atoms with Crippen LogP contribution in [0.4, 0.5) is 5.69 Å². The molecule has 2 aromatic rings. The van der Waals surface area contributed by atoms with Gasteiger partial charge in [-0.2, -0.15) is 0 Å². The first-order chi connectivity index (χ1) is 9.95. The monoisotopic (exact) mass is 305 g/mol. The average molecular weight is 305 g/mol. The standard InChI is InChI=1S/C15H15NO4S/c1-9-3-4-10(2)12(5-9)16-14(17)7-20-11-6-13(15(18)19)21-8-11/h3-6,8H,7H2,1-2H3,(H,16,17)(H,18,19). The minimum Gasteiger partial charge on any atom is -0.483 e. The molecule has 0 bridgehead atoms. The third kappa shape index (κ3) is 4.06. The zero-order chi connectivity index (χ0) is 15.4. The minimum atomic E-state index is -1.00. The average Bonchev–Trinajstić information content (AvgIpc) is 2.90. The van der Waals surface area contributed by atoms with Crippen LogP contribution in [0.25, 0.3) is 0 Å². The molecule has 2 rings (SSSR count). The highest BCUT2D eigenvalue weighted by Crippen LogP contribution is 2.21. The van der Waals surface area contributed by atoms with Crippen molar-refractivity contribution in [2.45, 2.75) is 13.8 Å². The second kappa shape index (κ2) is 6.41. The number of aromatic carboxylic acids is 1. The number of hydrogen-bond donors (Lipinski definition) is 2. The smallest absolute Gasteiger partial charge is 0.346 e. The largest absolute Gasteiger partial charge is 0.483 e. The molecular formula is C15H15NO4S. The SMILES string of the molecule is Cc1ccc(C)c(NC(=O)COc2csc(C(=O)O)c2)c1. The molecule has 2 N–H and O–H groups in total. The highest BCUT2D eigenvalue weighted by molar-refractivity contribution is 7.12. The Hall–Kier alpha value is -2.34. The summed E-state index contributed by atoms with van der Waals surface area (Å²) in [6, 6.07) is 7.20. The van der Waals surface area contributed by atoms with Gasteiger partial charge < -0.3 is 15.2 Å².